The fraction of sp³-hybridized carbons (Fsp3) is 0.0588. The topological polar surface area (TPSA) is 42.0 Å². The number of hydrogen-bond donors (Lipinski definition) is 1. The number of nitrogens with zero attached hydrogens (tertiary/aromatic N) is 1. The summed E-state index contributed by atoms with van der Waals surface area (Å²) in [5, 5.41) is 7.77. The van der Waals surface area contributed by atoms with Gasteiger partial charge in [-0.15, -0.1) is 0 Å². The van der Waals surface area contributed by atoms with Gasteiger partial charge in [-0.1, -0.05) is 23.7 Å². The lowest BCUT2D eigenvalue weighted by atomic mass is 10.0. The van der Waals surface area contributed by atoms with Crippen molar-refractivity contribution >= 4 is 28.8 Å². The van der Waals surface area contributed by atoms with E-state index in [1.165, 1.54) is 0 Å². The fourth-order valence-electron chi connectivity index (χ4n) is 2.17. The third-order valence-electron chi connectivity index (χ3n) is 3.30. The van der Waals surface area contributed by atoms with E-state index in [-0.39, 0.29) is 11.9 Å². The van der Waals surface area contributed by atoms with E-state index < -0.39 is 0 Å². The van der Waals surface area contributed by atoms with Crippen molar-refractivity contribution in [3.05, 3.63) is 87.3 Å². The van der Waals surface area contributed by atoms with Crippen LogP contribution in [0.15, 0.2) is 65.6 Å². The third kappa shape index (κ3) is 3.35. The Kier molecular flexibility index (Phi) is 4.51. The van der Waals surface area contributed by atoms with E-state index in [0.29, 0.717) is 10.6 Å². The summed E-state index contributed by atoms with van der Waals surface area (Å²) < 4.78 is 0. The second-order valence-electron chi connectivity index (χ2n) is 4.75. The molecule has 0 aliphatic carbocycles. The second kappa shape index (κ2) is 6.73. The molecular formula is C17H13ClN2OS. The van der Waals surface area contributed by atoms with Crippen LogP contribution >= 0.6 is 22.9 Å². The normalized spacial score (nSPS) is 11.9. The lowest BCUT2D eigenvalue weighted by molar-refractivity contribution is 0.0943. The molecule has 0 radical (unpaired) electrons. The molecule has 0 saturated heterocycles. The van der Waals surface area contributed by atoms with Gasteiger partial charge in [-0.3, -0.25) is 9.78 Å². The van der Waals surface area contributed by atoms with E-state index in [4.69, 9.17) is 11.6 Å². The molecule has 1 amide bonds. The van der Waals surface area contributed by atoms with Crippen LogP contribution in [0.5, 0.6) is 0 Å². The Morgan fingerprint density at radius 3 is 2.41 bits per heavy atom. The Morgan fingerprint density at radius 2 is 1.77 bits per heavy atom. The Labute approximate surface area is 137 Å². The second-order valence-corrected chi connectivity index (χ2v) is 5.97. The van der Waals surface area contributed by atoms with E-state index in [1.807, 2.05) is 41.1 Å². The maximum absolute atomic E-state index is 12.4. The lowest BCUT2D eigenvalue weighted by Crippen LogP contribution is -2.29. The van der Waals surface area contributed by atoms with Crippen LogP contribution < -0.4 is 5.32 Å². The average molecular weight is 329 g/mol. The van der Waals surface area contributed by atoms with Gasteiger partial charge in [0.2, 0.25) is 0 Å². The van der Waals surface area contributed by atoms with Crippen molar-refractivity contribution in [3.63, 3.8) is 0 Å². The highest BCUT2D eigenvalue weighted by atomic mass is 35.5. The summed E-state index contributed by atoms with van der Waals surface area (Å²) >= 11 is 7.55. The number of aromatic nitrogens is 1. The van der Waals surface area contributed by atoms with Crippen LogP contribution in [-0.2, 0) is 0 Å². The predicted octanol–water partition coefficient (Wildman–Crippen LogP) is 4.32. The molecule has 0 aliphatic heterocycles. The van der Waals surface area contributed by atoms with Crippen molar-refractivity contribution in [1.29, 1.82) is 0 Å². The summed E-state index contributed by atoms with van der Waals surface area (Å²) in [6.07, 6.45) is 3.22. The summed E-state index contributed by atoms with van der Waals surface area (Å²) in [4.78, 5) is 16.4. The summed E-state index contributed by atoms with van der Waals surface area (Å²) in [5.74, 6) is -0.131. The largest absolute Gasteiger partial charge is 0.341 e. The molecule has 0 fully saturated rings. The van der Waals surface area contributed by atoms with Crippen molar-refractivity contribution in [3.8, 4) is 0 Å². The van der Waals surface area contributed by atoms with Gasteiger partial charge in [0.15, 0.2) is 0 Å². The van der Waals surface area contributed by atoms with Crippen LogP contribution in [0.1, 0.15) is 27.5 Å². The molecule has 1 unspecified atom stereocenters. The summed E-state index contributed by atoms with van der Waals surface area (Å²) in [6, 6.07) is 12.7. The molecule has 110 valence electrons. The molecule has 2 aromatic heterocycles. The molecule has 22 heavy (non-hydrogen) atoms. The van der Waals surface area contributed by atoms with Crippen molar-refractivity contribution in [2.75, 3.05) is 0 Å². The Hall–Kier alpha value is -2.17. The first kappa shape index (κ1) is 14.8. The Bertz CT molecular complexity index is 742. The standard InChI is InChI=1S/C17H13ClN2OS/c18-15-3-1-12(2-4-15)16(14-7-10-22-11-14)20-17(21)13-5-8-19-9-6-13/h1-11,16H,(H,20,21). The molecule has 5 heteroatoms. The van der Waals surface area contributed by atoms with Crippen LogP contribution in [-0.4, -0.2) is 10.9 Å². The van der Waals surface area contributed by atoms with Crippen molar-refractivity contribution < 1.29 is 4.79 Å². The maximum atomic E-state index is 12.4. The smallest absolute Gasteiger partial charge is 0.252 e. The molecule has 0 aliphatic rings. The van der Waals surface area contributed by atoms with Crippen LogP contribution in [0.3, 0.4) is 0 Å². The molecule has 3 rings (SSSR count). The molecule has 0 bridgehead atoms. The van der Waals surface area contributed by atoms with Crippen LogP contribution in [0.4, 0.5) is 0 Å². The maximum Gasteiger partial charge on any atom is 0.252 e. The fourth-order valence-corrected chi connectivity index (χ4v) is 2.98. The first-order valence-electron chi connectivity index (χ1n) is 6.72. The van der Waals surface area contributed by atoms with Gasteiger partial charge in [0, 0.05) is 23.0 Å². The number of carbonyl (C=O) groups excluding carboxylic acids is 1. The molecule has 1 N–H and O–H groups in total. The van der Waals surface area contributed by atoms with E-state index in [2.05, 4.69) is 10.3 Å². The van der Waals surface area contributed by atoms with Gasteiger partial charge in [-0.25, -0.2) is 0 Å². The van der Waals surface area contributed by atoms with Gasteiger partial charge >= 0.3 is 0 Å². The van der Waals surface area contributed by atoms with E-state index in [9.17, 15) is 4.79 Å². The van der Waals surface area contributed by atoms with Crippen molar-refractivity contribution in [2.45, 2.75) is 6.04 Å². The third-order valence-corrected chi connectivity index (χ3v) is 4.25. The number of nitrogens with one attached hydrogen (secondary N) is 1. The van der Waals surface area contributed by atoms with Gasteiger partial charge in [0.25, 0.3) is 5.91 Å². The minimum atomic E-state index is -0.204. The first-order chi connectivity index (χ1) is 10.7. The number of halogens is 1. The minimum absolute atomic E-state index is 0.131. The van der Waals surface area contributed by atoms with Gasteiger partial charge in [0.05, 0.1) is 6.04 Å². The lowest BCUT2D eigenvalue weighted by Gasteiger charge is -2.18. The number of rotatable bonds is 4. The SMILES string of the molecule is O=C(NC(c1ccc(Cl)cc1)c1ccsc1)c1ccncc1. The van der Waals surface area contributed by atoms with Crippen molar-refractivity contribution in [1.82, 2.24) is 10.3 Å². The highest BCUT2D eigenvalue weighted by Gasteiger charge is 2.18. The van der Waals surface area contributed by atoms with E-state index in [1.54, 1.807) is 35.9 Å². The quantitative estimate of drug-likeness (QED) is 0.775. The van der Waals surface area contributed by atoms with Gasteiger partial charge < -0.3 is 5.32 Å². The van der Waals surface area contributed by atoms with Crippen LogP contribution in [0.2, 0.25) is 5.02 Å². The highest BCUT2D eigenvalue weighted by Crippen LogP contribution is 2.25. The summed E-state index contributed by atoms with van der Waals surface area (Å²) in [6.45, 7) is 0. The van der Waals surface area contributed by atoms with Crippen molar-refractivity contribution in [2.24, 2.45) is 0 Å². The molecule has 1 aromatic carbocycles. The van der Waals surface area contributed by atoms with Crippen LogP contribution in [0.25, 0.3) is 0 Å². The number of hydrogen-bond acceptors (Lipinski definition) is 3. The van der Waals surface area contributed by atoms with E-state index >= 15 is 0 Å². The zero-order valence-corrected chi connectivity index (χ0v) is 13.1. The van der Waals surface area contributed by atoms with Gasteiger partial charge in [-0.2, -0.15) is 11.3 Å². The molecular weight excluding hydrogens is 316 g/mol. The molecule has 3 nitrogen and oxygen atoms in total. The molecule has 0 saturated carbocycles. The number of carbonyl (C=O) groups is 1. The zero-order valence-electron chi connectivity index (χ0n) is 11.6. The summed E-state index contributed by atoms with van der Waals surface area (Å²) in [5.41, 5.74) is 2.63. The van der Waals surface area contributed by atoms with E-state index in [0.717, 1.165) is 11.1 Å². The number of thiophene rings is 1. The van der Waals surface area contributed by atoms with Gasteiger partial charge in [0.1, 0.15) is 0 Å². The monoisotopic (exact) mass is 328 g/mol. The minimum Gasteiger partial charge on any atom is -0.341 e. The number of benzene rings is 1. The number of pyridine rings is 1. The van der Waals surface area contributed by atoms with Crippen LogP contribution in [0, 0.1) is 0 Å². The predicted molar refractivity (Wildman–Crippen MR) is 89.3 cm³/mol. The Balaban J connectivity index is 1.90. The molecule has 1 atom stereocenters. The van der Waals surface area contributed by atoms with Gasteiger partial charge in [-0.05, 0) is 52.2 Å². The Morgan fingerprint density at radius 1 is 1.05 bits per heavy atom. The molecule has 2 heterocycles. The average Bonchev–Trinajstić information content (AvgIpc) is 3.08. The number of amides is 1. The molecule has 0 spiro atoms. The highest BCUT2D eigenvalue weighted by molar-refractivity contribution is 7.08. The summed E-state index contributed by atoms with van der Waals surface area (Å²) in [7, 11) is 0. The zero-order chi connectivity index (χ0) is 15.4. The molecule has 3 aromatic rings. The first-order valence-corrected chi connectivity index (χ1v) is 8.04.